The molecule has 2 aliphatic rings. The number of pyridine rings is 1. The van der Waals surface area contributed by atoms with E-state index in [-0.39, 0.29) is 28.9 Å². The van der Waals surface area contributed by atoms with Gasteiger partial charge in [0.2, 0.25) is 0 Å². The number of hydrogen-bond acceptors (Lipinski definition) is 8. The Morgan fingerprint density at radius 3 is 2.49 bits per heavy atom. The third-order valence-corrected chi connectivity index (χ3v) is 9.09. The Kier molecular flexibility index (Phi) is 11.2. The summed E-state index contributed by atoms with van der Waals surface area (Å²) in [4.78, 5) is 43.5. The third kappa shape index (κ3) is 6.75. The van der Waals surface area contributed by atoms with Crippen molar-refractivity contribution in [3.63, 3.8) is 0 Å². The van der Waals surface area contributed by atoms with Crippen molar-refractivity contribution in [3.8, 4) is 6.07 Å². The second-order valence-electron chi connectivity index (χ2n) is 10.1. The first-order valence-electron chi connectivity index (χ1n) is 14.1. The molecule has 0 aliphatic carbocycles. The highest BCUT2D eigenvalue weighted by atomic mass is 32.2. The van der Waals surface area contributed by atoms with Crippen LogP contribution in [0.5, 0.6) is 0 Å². The average Bonchev–Trinajstić information content (AvgIpc) is 3.19. The van der Waals surface area contributed by atoms with E-state index in [0.717, 1.165) is 25.7 Å². The van der Waals surface area contributed by atoms with Crippen LogP contribution < -0.4 is 10.5 Å². The highest BCUT2D eigenvalue weighted by Crippen LogP contribution is 2.37. The number of anilines is 1. The van der Waals surface area contributed by atoms with Crippen molar-refractivity contribution < 1.29 is 14.3 Å². The first-order valence-corrected chi connectivity index (χ1v) is 15.3. The van der Waals surface area contributed by atoms with E-state index in [9.17, 15) is 19.6 Å². The fraction of sp³-hybridized carbons (Fsp3) is 0.621. The minimum Gasteiger partial charge on any atom is -0.466 e. The minimum atomic E-state index is -0.341. The Labute approximate surface area is 241 Å². The van der Waals surface area contributed by atoms with Gasteiger partial charge in [-0.3, -0.25) is 23.9 Å². The van der Waals surface area contributed by atoms with E-state index in [1.165, 1.54) is 11.8 Å². The number of thiocarbonyl (C=S) groups is 1. The number of esters is 1. The number of hydrogen-bond donors (Lipinski definition) is 0. The van der Waals surface area contributed by atoms with Gasteiger partial charge >= 0.3 is 5.97 Å². The predicted octanol–water partition coefficient (Wildman–Crippen LogP) is 5.25. The molecule has 2 fully saturated rings. The molecule has 212 valence electrons. The maximum Gasteiger partial charge on any atom is 0.309 e. The summed E-state index contributed by atoms with van der Waals surface area (Å²) in [5, 5.41) is 9.84. The molecule has 1 amide bonds. The number of piperidine rings is 1. The molecule has 8 nitrogen and oxygen atoms in total. The molecule has 0 aromatic carbocycles. The number of nitrogens with zero attached hydrogens (tertiary/aromatic N) is 4. The number of carbonyl (C=O) groups is 2. The number of ether oxygens (including phenoxy) is 1. The van der Waals surface area contributed by atoms with Crippen molar-refractivity contribution in [1.29, 1.82) is 5.26 Å². The largest absolute Gasteiger partial charge is 0.466 e. The van der Waals surface area contributed by atoms with E-state index in [0.29, 0.717) is 77.7 Å². The lowest BCUT2D eigenvalue weighted by atomic mass is 9.95. The van der Waals surface area contributed by atoms with Crippen molar-refractivity contribution in [3.05, 3.63) is 31.9 Å². The van der Waals surface area contributed by atoms with Crippen LogP contribution in [-0.2, 0) is 20.9 Å². The van der Waals surface area contributed by atoms with Crippen LogP contribution >= 0.6 is 24.0 Å². The smallest absolute Gasteiger partial charge is 0.309 e. The monoisotopic (exact) mass is 572 g/mol. The quantitative estimate of drug-likeness (QED) is 0.202. The first-order chi connectivity index (χ1) is 18.7. The summed E-state index contributed by atoms with van der Waals surface area (Å²) in [5.41, 5.74) is 0.969. The van der Waals surface area contributed by atoms with E-state index >= 15 is 0 Å². The molecule has 39 heavy (non-hydrogen) atoms. The molecule has 1 unspecified atom stereocenters. The van der Waals surface area contributed by atoms with Crippen LogP contribution in [0.2, 0.25) is 0 Å². The lowest BCUT2D eigenvalue weighted by Gasteiger charge is -2.35. The summed E-state index contributed by atoms with van der Waals surface area (Å²) in [7, 11) is 0. The highest BCUT2D eigenvalue weighted by molar-refractivity contribution is 8.26. The van der Waals surface area contributed by atoms with Gasteiger partial charge in [0.15, 0.2) is 0 Å². The molecule has 1 aromatic rings. The van der Waals surface area contributed by atoms with Crippen LogP contribution in [0.25, 0.3) is 6.08 Å². The molecule has 0 bridgehead atoms. The fourth-order valence-electron chi connectivity index (χ4n) is 5.33. The molecule has 2 aliphatic heterocycles. The molecule has 0 N–H and O–H groups in total. The fourth-order valence-corrected chi connectivity index (χ4v) is 6.59. The van der Waals surface area contributed by atoms with Crippen molar-refractivity contribution in [1.82, 2.24) is 9.47 Å². The van der Waals surface area contributed by atoms with Gasteiger partial charge in [-0.25, -0.2) is 0 Å². The SMILES string of the molecule is CCCCC(CC)CN1C(=O)/C(=C/c2c(C)c(C#N)c(=O)n(CC)c2N2CCC(C(=O)OCC)CC2)SC1=S. The zero-order valence-electron chi connectivity index (χ0n) is 23.7. The van der Waals surface area contributed by atoms with E-state index < -0.39 is 0 Å². The summed E-state index contributed by atoms with van der Waals surface area (Å²) >= 11 is 6.90. The van der Waals surface area contributed by atoms with Crippen LogP contribution in [0.4, 0.5) is 5.82 Å². The van der Waals surface area contributed by atoms with Crippen molar-refractivity contribution >= 4 is 52.1 Å². The van der Waals surface area contributed by atoms with E-state index in [2.05, 4.69) is 24.8 Å². The summed E-state index contributed by atoms with van der Waals surface area (Å²) in [5.74, 6) is 0.577. The van der Waals surface area contributed by atoms with Crippen LogP contribution in [0, 0.1) is 30.1 Å². The van der Waals surface area contributed by atoms with Crippen LogP contribution in [0.15, 0.2) is 9.70 Å². The number of thioether (sulfide) groups is 1. The van der Waals surface area contributed by atoms with Gasteiger partial charge < -0.3 is 9.64 Å². The number of amides is 1. The molecule has 0 spiro atoms. The van der Waals surface area contributed by atoms with Gasteiger partial charge in [-0.15, -0.1) is 0 Å². The molecule has 10 heteroatoms. The van der Waals surface area contributed by atoms with Crippen LogP contribution in [0.3, 0.4) is 0 Å². The molecule has 3 rings (SSSR count). The normalized spacial score (nSPS) is 18.1. The maximum atomic E-state index is 13.6. The molecular weight excluding hydrogens is 532 g/mol. The van der Waals surface area contributed by atoms with Crippen molar-refractivity contribution in [2.45, 2.75) is 79.7 Å². The third-order valence-electron chi connectivity index (χ3n) is 7.71. The Bertz CT molecular complexity index is 1230. The van der Waals surface area contributed by atoms with E-state index in [1.807, 2.05) is 6.92 Å². The van der Waals surface area contributed by atoms with Gasteiger partial charge in [-0.1, -0.05) is 57.1 Å². The van der Waals surface area contributed by atoms with E-state index in [1.54, 1.807) is 29.4 Å². The Morgan fingerprint density at radius 2 is 1.92 bits per heavy atom. The van der Waals surface area contributed by atoms with Gasteiger partial charge in [0.05, 0.1) is 17.4 Å². The topological polar surface area (TPSA) is 95.6 Å². The number of rotatable bonds is 11. The first kappa shape index (κ1) is 30.9. The van der Waals surface area contributed by atoms with Crippen LogP contribution in [0.1, 0.15) is 82.9 Å². The zero-order chi connectivity index (χ0) is 28.7. The second kappa shape index (κ2) is 14.1. The lowest BCUT2D eigenvalue weighted by molar-refractivity contribution is -0.148. The molecule has 1 aromatic heterocycles. The van der Waals surface area contributed by atoms with Crippen molar-refractivity contribution in [2.24, 2.45) is 11.8 Å². The second-order valence-corrected chi connectivity index (χ2v) is 11.8. The van der Waals surface area contributed by atoms with Gasteiger partial charge in [-0.2, -0.15) is 5.26 Å². The van der Waals surface area contributed by atoms with Gasteiger partial charge in [0, 0.05) is 31.7 Å². The summed E-state index contributed by atoms with van der Waals surface area (Å²) in [6.07, 6.45) is 7.29. The van der Waals surface area contributed by atoms with Crippen molar-refractivity contribution in [2.75, 3.05) is 31.1 Å². The number of aromatic nitrogens is 1. The minimum absolute atomic E-state index is 0.0781. The molecule has 2 saturated heterocycles. The molecule has 3 heterocycles. The highest BCUT2D eigenvalue weighted by Gasteiger charge is 2.35. The van der Waals surface area contributed by atoms with Crippen LogP contribution in [-0.4, -0.2) is 51.9 Å². The Morgan fingerprint density at radius 1 is 1.23 bits per heavy atom. The molecule has 1 atom stereocenters. The lowest BCUT2D eigenvalue weighted by Crippen LogP contribution is -2.41. The summed E-state index contributed by atoms with van der Waals surface area (Å²) in [6.45, 7) is 12.2. The zero-order valence-corrected chi connectivity index (χ0v) is 25.4. The van der Waals surface area contributed by atoms with Gasteiger partial charge in [0.25, 0.3) is 11.5 Å². The Balaban J connectivity index is 2.02. The molecular formula is C29H40N4O4S2. The summed E-state index contributed by atoms with van der Waals surface area (Å²) in [6, 6.07) is 2.08. The number of nitriles is 1. The predicted molar refractivity (Wildman–Crippen MR) is 161 cm³/mol. The molecule has 0 saturated carbocycles. The number of carbonyl (C=O) groups excluding carboxylic acids is 2. The molecule has 0 radical (unpaired) electrons. The standard InChI is InChI=1S/C29H40N4O4S2/c1-6-10-11-20(7-2)18-33-27(35)24(39-29(33)38)16-22-19(5)23(17-30)26(34)32(8-3)25(22)31-14-12-21(13-15-31)28(36)37-9-4/h16,20-21H,6-15,18H2,1-5H3/b24-16-. The van der Waals surface area contributed by atoms with Gasteiger partial charge in [0.1, 0.15) is 21.8 Å². The average molecular weight is 573 g/mol. The Hall–Kier alpha value is -2.64. The van der Waals surface area contributed by atoms with Gasteiger partial charge in [-0.05, 0) is 57.6 Å². The maximum absolute atomic E-state index is 13.6. The van der Waals surface area contributed by atoms with E-state index in [4.69, 9.17) is 17.0 Å². The number of unbranched alkanes of at least 4 members (excludes halogenated alkanes) is 1. The summed E-state index contributed by atoms with van der Waals surface area (Å²) < 4.78 is 7.38.